The van der Waals surface area contributed by atoms with Crippen LogP contribution in [0.4, 0.5) is 0 Å². The van der Waals surface area contributed by atoms with E-state index >= 15 is 0 Å². The fourth-order valence-corrected chi connectivity index (χ4v) is 6.06. The molecule has 2 heterocycles. The van der Waals surface area contributed by atoms with Crippen molar-refractivity contribution in [3.63, 3.8) is 0 Å². The lowest BCUT2D eigenvalue weighted by molar-refractivity contribution is -0.0128. The van der Waals surface area contributed by atoms with Gasteiger partial charge < -0.3 is 10.4 Å². The van der Waals surface area contributed by atoms with E-state index in [0.29, 0.717) is 0 Å². The van der Waals surface area contributed by atoms with Gasteiger partial charge in [-0.05, 0) is 80.9 Å². The van der Waals surface area contributed by atoms with Crippen molar-refractivity contribution in [2.24, 2.45) is 5.92 Å². The summed E-state index contributed by atoms with van der Waals surface area (Å²) in [4.78, 5) is 2.59. The van der Waals surface area contributed by atoms with Gasteiger partial charge in [0.25, 0.3) is 0 Å². The Hall–Kier alpha value is -1.68. The summed E-state index contributed by atoms with van der Waals surface area (Å²) in [6, 6.07) is 19.9. The fraction of sp³-hybridized carbons (Fsp3) is 0.520. The van der Waals surface area contributed by atoms with Crippen molar-refractivity contribution in [3.05, 3.63) is 71.3 Å². The molecule has 3 aliphatic rings. The third kappa shape index (κ3) is 3.10. The Bertz CT molecular complexity index is 791. The quantitative estimate of drug-likeness (QED) is 0.858. The van der Waals surface area contributed by atoms with Crippen LogP contribution < -0.4 is 5.32 Å². The van der Waals surface area contributed by atoms with Crippen LogP contribution in [0.5, 0.6) is 0 Å². The topological polar surface area (TPSA) is 35.5 Å². The van der Waals surface area contributed by atoms with Crippen molar-refractivity contribution in [2.75, 3.05) is 26.2 Å². The maximum Gasteiger partial charge on any atom is 0.0834 e. The molecule has 1 aliphatic carbocycles. The van der Waals surface area contributed by atoms with Crippen LogP contribution in [0.15, 0.2) is 54.6 Å². The number of piperidine rings is 2. The summed E-state index contributed by atoms with van der Waals surface area (Å²) in [6.45, 7) is 4.22. The van der Waals surface area contributed by atoms with E-state index < -0.39 is 0 Å². The van der Waals surface area contributed by atoms with Crippen LogP contribution in [-0.4, -0.2) is 42.3 Å². The molecule has 148 valence electrons. The Morgan fingerprint density at radius 3 is 2.36 bits per heavy atom. The normalized spacial score (nSPS) is 27.8. The fourth-order valence-electron chi connectivity index (χ4n) is 6.06. The van der Waals surface area contributed by atoms with Gasteiger partial charge in [-0.15, -0.1) is 0 Å². The van der Waals surface area contributed by atoms with Gasteiger partial charge in [0, 0.05) is 5.41 Å². The minimum absolute atomic E-state index is 0.0482. The number of nitrogens with one attached hydrogen (secondary N) is 1. The standard InChI is InChI=1S/C25H32N2O/c28-24-23(21-8-4-5-9-22(21)25(24)12-14-26-15-13-25)27-16-10-20(11-17-27)18-19-6-2-1-3-7-19/h1-9,20,23-24,26,28H,10-18H2/t23-,24+/m1/s1. The molecule has 0 aromatic heterocycles. The van der Waals surface area contributed by atoms with E-state index in [1.165, 1.54) is 36.0 Å². The van der Waals surface area contributed by atoms with E-state index in [1.807, 2.05) is 0 Å². The van der Waals surface area contributed by atoms with Crippen LogP contribution in [0.25, 0.3) is 0 Å². The highest BCUT2D eigenvalue weighted by Crippen LogP contribution is 2.52. The molecule has 3 nitrogen and oxygen atoms in total. The van der Waals surface area contributed by atoms with E-state index in [0.717, 1.165) is 44.9 Å². The number of likely N-dealkylation sites (tertiary alicyclic amines) is 1. The smallest absolute Gasteiger partial charge is 0.0834 e. The minimum atomic E-state index is -0.280. The summed E-state index contributed by atoms with van der Waals surface area (Å²) in [5.74, 6) is 0.764. The summed E-state index contributed by atoms with van der Waals surface area (Å²) in [5.41, 5.74) is 4.22. The first-order valence-electron chi connectivity index (χ1n) is 11.0. The van der Waals surface area contributed by atoms with Gasteiger partial charge in [-0.25, -0.2) is 0 Å². The van der Waals surface area contributed by atoms with Crippen molar-refractivity contribution in [3.8, 4) is 0 Å². The summed E-state index contributed by atoms with van der Waals surface area (Å²) < 4.78 is 0. The molecule has 5 rings (SSSR count). The molecule has 0 amide bonds. The molecule has 2 aliphatic heterocycles. The summed E-state index contributed by atoms with van der Waals surface area (Å²) >= 11 is 0. The first-order valence-corrected chi connectivity index (χ1v) is 11.0. The maximum absolute atomic E-state index is 11.6. The summed E-state index contributed by atoms with van der Waals surface area (Å²) in [7, 11) is 0. The molecule has 2 saturated heterocycles. The second kappa shape index (κ2) is 7.62. The molecule has 0 radical (unpaired) electrons. The van der Waals surface area contributed by atoms with Crippen LogP contribution in [0.1, 0.15) is 48.4 Å². The van der Waals surface area contributed by atoms with Crippen LogP contribution in [-0.2, 0) is 11.8 Å². The molecule has 2 atom stereocenters. The molecule has 3 heteroatoms. The molecule has 2 fully saturated rings. The lowest BCUT2D eigenvalue weighted by Gasteiger charge is -2.42. The van der Waals surface area contributed by atoms with Gasteiger partial charge in [-0.1, -0.05) is 54.6 Å². The highest BCUT2D eigenvalue weighted by atomic mass is 16.3. The zero-order valence-corrected chi connectivity index (χ0v) is 16.7. The van der Waals surface area contributed by atoms with Crippen molar-refractivity contribution >= 4 is 0 Å². The Morgan fingerprint density at radius 1 is 0.929 bits per heavy atom. The largest absolute Gasteiger partial charge is 0.390 e. The minimum Gasteiger partial charge on any atom is -0.390 e. The second-order valence-corrected chi connectivity index (χ2v) is 9.05. The highest BCUT2D eigenvalue weighted by molar-refractivity contribution is 5.45. The van der Waals surface area contributed by atoms with Crippen LogP contribution in [0.3, 0.4) is 0 Å². The number of nitrogens with zero attached hydrogens (tertiary/aromatic N) is 1. The summed E-state index contributed by atoms with van der Waals surface area (Å²) in [5, 5.41) is 15.1. The maximum atomic E-state index is 11.6. The first kappa shape index (κ1) is 18.4. The number of fused-ring (bicyclic) bond motifs is 2. The zero-order chi connectivity index (χ0) is 19.0. The van der Waals surface area contributed by atoms with Crippen LogP contribution >= 0.6 is 0 Å². The van der Waals surface area contributed by atoms with Gasteiger partial charge in [0.15, 0.2) is 0 Å². The van der Waals surface area contributed by atoms with Crippen molar-refractivity contribution in [2.45, 2.75) is 49.7 Å². The number of aliphatic hydroxyl groups excluding tert-OH is 1. The predicted octanol–water partition coefficient (Wildman–Crippen LogP) is 3.68. The molecule has 2 aromatic rings. The number of rotatable bonds is 3. The van der Waals surface area contributed by atoms with Gasteiger partial charge in [-0.3, -0.25) is 4.90 Å². The lowest BCUT2D eigenvalue weighted by Crippen LogP contribution is -2.49. The Morgan fingerprint density at radius 2 is 1.61 bits per heavy atom. The van der Waals surface area contributed by atoms with E-state index in [9.17, 15) is 5.11 Å². The number of hydrogen-bond donors (Lipinski definition) is 2. The van der Waals surface area contributed by atoms with Gasteiger partial charge in [0.05, 0.1) is 12.1 Å². The average molecular weight is 377 g/mol. The monoisotopic (exact) mass is 376 g/mol. The molecular weight excluding hydrogens is 344 g/mol. The third-order valence-corrected chi connectivity index (χ3v) is 7.59. The van der Waals surface area contributed by atoms with Crippen molar-refractivity contribution < 1.29 is 5.11 Å². The number of benzene rings is 2. The van der Waals surface area contributed by atoms with Gasteiger partial charge >= 0.3 is 0 Å². The Labute approximate surface area is 168 Å². The zero-order valence-electron chi connectivity index (χ0n) is 16.7. The van der Waals surface area contributed by atoms with Gasteiger partial charge in [0.1, 0.15) is 0 Å². The van der Waals surface area contributed by atoms with Crippen LogP contribution in [0, 0.1) is 5.92 Å². The lowest BCUT2D eigenvalue weighted by atomic mass is 9.72. The molecule has 0 bridgehead atoms. The predicted molar refractivity (Wildman–Crippen MR) is 113 cm³/mol. The van der Waals surface area contributed by atoms with E-state index in [4.69, 9.17) is 0 Å². The molecular formula is C25H32N2O. The molecule has 1 spiro atoms. The molecule has 2 aromatic carbocycles. The highest BCUT2D eigenvalue weighted by Gasteiger charge is 2.53. The Balaban J connectivity index is 1.33. The molecule has 0 unspecified atom stereocenters. The van der Waals surface area contributed by atoms with Crippen molar-refractivity contribution in [1.29, 1.82) is 0 Å². The number of aliphatic hydroxyl groups is 1. The average Bonchev–Trinajstić information content (AvgIpc) is 2.98. The van der Waals surface area contributed by atoms with E-state index in [-0.39, 0.29) is 17.6 Å². The van der Waals surface area contributed by atoms with Gasteiger partial charge in [0.2, 0.25) is 0 Å². The van der Waals surface area contributed by atoms with Gasteiger partial charge in [-0.2, -0.15) is 0 Å². The number of hydrogen-bond acceptors (Lipinski definition) is 3. The third-order valence-electron chi connectivity index (χ3n) is 7.59. The van der Waals surface area contributed by atoms with E-state index in [2.05, 4.69) is 64.8 Å². The second-order valence-electron chi connectivity index (χ2n) is 9.05. The Kier molecular flexibility index (Phi) is 5.00. The molecule has 0 saturated carbocycles. The molecule has 28 heavy (non-hydrogen) atoms. The van der Waals surface area contributed by atoms with Crippen molar-refractivity contribution in [1.82, 2.24) is 10.2 Å². The summed E-state index contributed by atoms with van der Waals surface area (Å²) in [6.07, 6.45) is 5.47. The first-order chi connectivity index (χ1) is 13.8. The molecule has 2 N–H and O–H groups in total. The van der Waals surface area contributed by atoms with E-state index in [1.54, 1.807) is 0 Å². The van der Waals surface area contributed by atoms with Crippen LogP contribution in [0.2, 0.25) is 0 Å². The SMILES string of the molecule is O[C@H]1[C@H](N2CCC(Cc3ccccc3)CC2)c2ccccc2C12CCNCC2.